The van der Waals surface area contributed by atoms with E-state index >= 15 is 0 Å². The number of anilines is 2. The Morgan fingerprint density at radius 3 is 2.62 bits per heavy atom. The van der Waals surface area contributed by atoms with Crippen molar-refractivity contribution in [2.45, 2.75) is 12.8 Å². The Morgan fingerprint density at radius 1 is 1.17 bits per heavy atom. The number of halogens is 4. The number of rotatable bonds is 4. The van der Waals surface area contributed by atoms with Crippen LogP contribution < -0.4 is 5.32 Å². The molecule has 1 N–H and O–H groups in total. The van der Waals surface area contributed by atoms with Crippen LogP contribution in [-0.4, -0.2) is 22.1 Å². The quantitative estimate of drug-likeness (QED) is 0.674. The SMILES string of the molecule is COCc1nc(Nc2ccc(C(F)(F)F)s2)c2ccc(Cl)nc2n1. The van der Waals surface area contributed by atoms with Gasteiger partial charge in [0.05, 0.1) is 10.4 Å². The first kappa shape index (κ1) is 16.9. The molecule has 0 atom stereocenters. The van der Waals surface area contributed by atoms with E-state index in [1.165, 1.54) is 13.2 Å². The fraction of sp³-hybridized carbons (Fsp3) is 0.214. The molecule has 0 saturated carbocycles. The number of nitrogens with zero attached hydrogens (tertiary/aromatic N) is 3. The van der Waals surface area contributed by atoms with Crippen LogP contribution in [0.15, 0.2) is 24.3 Å². The van der Waals surface area contributed by atoms with Crippen LogP contribution in [0.25, 0.3) is 11.0 Å². The molecule has 0 aliphatic heterocycles. The van der Waals surface area contributed by atoms with E-state index in [1.807, 2.05) is 0 Å². The van der Waals surface area contributed by atoms with Crippen LogP contribution in [0.5, 0.6) is 0 Å². The van der Waals surface area contributed by atoms with Gasteiger partial charge in [0.25, 0.3) is 0 Å². The van der Waals surface area contributed by atoms with Gasteiger partial charge in [0.1, 0.15) is 22.5 Å². The van der Waals surface area contributed by atoms with Gasteiger partial charge in [-0.1, -0.05) is 11.6 Å². The average molecular weight is 375 g/mol. The molecule has 5 nitrogen and oxygen atoms in total. The molecule has 0 amide bonds. The van der Waals surface area contributed by atoms with Crippen LogP contribution in [0.4, 0.5) is 24.0 Å². The number of hydrogen-bond donors (Lipinski definition) is 1. The Hall–Kier alpha value is -1.97. The highest BCUT2D eigenvalue weighted by Crippen LogP contribution is 2.38. The van der Waals surface area contributed by atoms with Crippen molar-refractivity contribution in [3.8, 4) is 0 Å². The van der Waals surface area contributed by atoms with Gasteiger partial charge in [-0.2, -0.15) is 13.2 Å². The molecule has 24 heavy (non-hydrogen) atoms. The number of nitrogens with one attached hydrogen (secondary N) is 1. The number of thiophene rings is 1. The maximum Gasteiger partial charge on any atom is 0.425 e. The normalized spacial score (nSPS) is 11.9. The molecule has 3 heterocycles. The highest BCUT2D eigenvalue weighted by Gasteiger charge is 2.32. The molecule has 0 unspecified atom stereocenters. The Kier molecular flexibility index (Phi) is 4.57. The molecular weight excluding hydrogens is 365 g/mol. The van der Waals surface area contributed by atoms with Crippen molar-refractivity contribution in [1.82, 2.24) is 15.0 Å². The number of fused-ring (bicyclic) bond motifs is 1. The minimum Gasteiger partial charge on any atom is -0.377 e. The third kappa shape index (κ3) is 3.58. The third-order valence-electron chi connectivity index (χ3n) is 2.97. The Bertz CT molecular complexity index is 884. The van der Waals surface area contributed by atoms with Crippen LogP contribution >= 0.6 is 22.9 Å². The number of ether oxygens (including phenoxy) is 1. The summed E-state index contributed by atoms with van der Waals surface area (Å²) in [6, 6.07) is 5.58. The molecule has 0 aliphatic carbocycles. The largest absolute Gasteiger partial charge is 0.425 e. The molecule has 3 aromatic rings. The van der Waals surface area contributed by atoms with Gasteiger partial charge in [-0.25, -0.2) is 15.0 Å². The molecule has 0 spiro atoms. The Labute approximate surface area is 143 Å². The van der Waals surface area contributed by atoms with Crippen molar-refractivity contribution in [3.63, 3.8) is 0 Å². The molecule has 10 heteroatoms. The number of methoxy groups -OCH3 is 1. The summed E-state index contributed by atoms with van der Waals surface area (Å²) in [4.78, 5) is 11.9. The second-order valence-electron chi connectivity index (χ2n) is 4.71. The molecule has 0 aromatic carbocycles. The highest BCUT2D eigenvalue weighted by atomic mass is 35.5. The van der Waals surface area contributed by atoms with E-state index in [-0.39, 0.29) is 11.8 Å². The fourth-order valence-electron chi connectivity index (χ4n) is 1.99. The van der Waals surface area contributed by atoms with E-state index in [4.69, 9.17) is 16.3 Å². The van der Waals surface area contributed by atoms with Gasteiger partial charge in [0.15, 0.2) is 11.5 Å². The molecule has 0 bridgehead atoms. The summed E-state index contributed by atoms with van der Waals surface area (Å²) in [5.41, 5.74) is 0.333. The van der Waals surface area contributed by atoms with Crippen molar-refractivity contribution >= 4 is 44.8 Å². The average Bonchev–Trinajstić information content (AvgIpc) is 2.96. The van der Waals surface area contributed by atoms with E-state index < -0.39 is 11.1 Å². The first-order valence-electron chi connectivity index (χ1n) is 6.63. The standard InChI is InChI=1S/C14H10ClF3N4OS/c1-23-6-10-20-12-7(2-4-9(15)19-12)13(21-10)22-11-5-3-8(24-11)14(16,17)18/h2-5H,6H2,1H3,(H,19,20,21,22). The second-order valence-corrected chi connectivity index (χ2v) is 6.18. The zero-order chi connectivity index (χ0) is 17.3. The van der Waals surface area contributed by atoms with Gasteiger partial charge < -0.3 is 10.1 Å². The lowest BCUT2D eigenvalue weighted by atomic mass is 10.3. The Morgan fingerprint density at radius 2 is 1.96 bits per heavy atom. The lowest BCUT2D eigenvalue weighted by Gasteiger charge is -2.09. The zero-order valence-corrected chi connectivity index (χ0v) is 13.8. The van der Waals surface area contributed by atoms with Crippen molar-refractivity contribution in [2.75, 3.05) is 12.4 Å². The van der Waals surface area contributed by atoms with E-state index in [0.717, 1.165) is 6.07 Å². The van der Waals surface area contributed by atoms with Gasteiger partial charge in [-0.05, 0) is 24.3 Å². The number of hydrogen-bond acceptors (Lipinski definition) is 6. The minimum atomic E-state index is -4.38. The molecule has 0 saturated heterocycles. The van der Waals surface area contributed by atoms with Crippen LogP contribution in [0.3, 0.4) is 0 Å². The zero-order valence-electron chi connectivity index (χ0n) is 12.2. The lowest BCUT2D eigenvalue weighted by Crippen LogP contribution is -2.03. The molecule has 0 fully saturated rings. The van der Waals surface area contributed by atoms with Crippen molar-refractivity contribution in [3.05, 3.63) is 40.1 Å². The Balaban J connectivity index is 2.02. The van der Waals surface area contributed by atoms with Gasteiger partial charge in [-0.3, -0.25) is 0 Å². The second kappa shape index (κ2) is 6.50. The van der Waals surface area contributed by atoms with Crippen LogP contribution in [-0.2, 0) is 17.5 Å². The maximum atomic E-state index is 12.7. The summed E-state index contributed by atoms with van der Waals surface area (Å²) in [6.45, 7) is 0.136. The van der Waals surface area contributed by atoms with E-state index in [0.29, 0.717) is 39.0 Å². The van der Waals surface area contributed by atoms with E-state index in [9.17, 15) is 13.2 Å². The summed E-state index contributed by atoms with van der Waals surface area (Å²) < 4.78 is 43.2. The topological polar surface area (TPSA) is 59.9 Å². The number of pyridine rings is 1. The first-order valence-corrected chi connectivity index (χ1v) is 7.82. The summed E-state index contributed by atoms with van der Waals surface area (Å²) in [5.74, 6) is 0.682. The van der Waals surface area contributed by atoms with Gasteiger partial charge in [0, 0.05) is 7.11 Å². The highest BCUT2D eigenvalue weighted by molar-refractivity contribution is 7.16. The maximum absolute atomic E-state index is 12.7. The molecule has 3 rings (SSSR count). The lowest BCUT2D eigenvalue weighted by molar-refractivity contribution is -0.134. The minimum absolute atomic E-state index is 0.136. The van der Waals surface area contributed by atoms with Gasteiger partial charge in [-0.15, -0.1) is 11.3 Å². The molecular formula is C14H10ClF3N4OS. The summed E-state index contributed by atoms with van der Waals surface area (Å²) >= 11 is 6.46. The molecule has 3 aromatic heterocycles. The summed E-state index contributed by atoms with van der Waals surface area (Å²) in [6.07, 6.45) is -4.38. The number of aromatic nitrogens is 3. The van der Waals surface area contributed by atoms with Crippen LogP contribution in [0.2, 0.25) is 5.15 Å². The van der Waals surface area contributed by atoms with Crippen molar-refractivity contribution < 1.29 is 17.9 Å². The molecule has 0 aliphatic rings. The fourth-order valence-corrected chi connectivity index (χ4v) is 2.91. The summed E-state index contributed by atoms with van der Waals surface area (Å²) in [5, 5.41) is 3.99. The monoisotopic (exact) mass is 374 g/mol. The predicted molar refractivity (Wildman–Crippen MR) is 85.7 cm³/mol. The van der Waals surface area contributed by atoms with Gasteiger partial charge >= 0.3 is 6.18 Å². The van der Waals surface area contributed by atoms with Crippen molar-refractivity contribution in [2.24, 2.45) is 0 Å². The van der Waals surface area contributed by atoms with Crippen LogP contribution in [0, 0.1) is 0 Å². The van der Waals surface area contributed by atoms with E-state index in [2.05, 4.69) is 20.3 Å². The smallest absolute Gasteiger partial charge is 0.377 e. The number of alkyl halides is 3. The van der Waals surface area contributed by atoms with Gasteiger partial charge in [0.2, 0.25) is 0 Å². The predicted octanol–water partition coefficient (Wildman–Crippen LogP) is 4.65. The van der Waals surface area contributed by atoms with E-state index in [1.54, 1.807) is 12.1 Å². The summed E-state index contributed by atoms with van der Waals surface area (Å²) in [7, 11) is 1.49. The molecule has 126 valence electrons. The first-order chi connectivity index (χ1) is 11.4. The van der Waals surface area contributed by atoms with Crippen LogP contribution in [0.1, 0.15) is 10.7 Å². The third-order valence-corrected chi connectivity index (χ3v) is 4.23. The molecule has 0 radical (unpaired) electrons. The van der Waals surface area contributed by atoms with Crippen molar-refractivity contribution in [1.29, 1.82) is 0 Å².